The Morgan fingerprint density at radius 3 is 2.24 bits per heavy atom. The largest absolute Gasteiger partial charge is 0.350 e. The zero-order valence-corrected chi connectivity index (χ0v) is 21.7. The lowest BCUT2D eigenvalue weighted by molar-refractivity contribution is -0.140. The summed E-state index contributed by atoms with van der Waals surface area (Å²) in [6.45, 7) is 9.90. The number of nitrogens with zero attached hydrogens (tertiary/aromatic N) is 2. The van der Waals surface area contributed by atoms with Crippen molar-refractivity contribution in [3.63, 3.8) is 0 Å². The van der Waals surface area contributed by atoms with Crippen LogP contribution in [-0.2, 0) is 26.2 Å². The average Bonchev–Trinajstić information content (AvgIpc) is 2.71. The van der Waals surface area contributed by atoms with E-state index in [0.29, 0.717) is 5.69 Å². The van der Waals surface area contributed by atoms with E-state index in [1.165, 1.54) is 23.1 Å². The number of rotatable bonds is 8. The number of hydrogen-bond acceptors (Lipinski definition) is 4. The normalized spacial score (nSPS) is 12.7. The quantitative estimate of drug-likeness (QED) is 0.612. The number of carbonyl (C=O) groups excluding carboxylic acids is 2. The Morgan fingerprint density at radius 1 is 1.06 bits per heavy atom. The Labute approximate surface area is 202 Å². The van der Waals surface area contributed by atoms with Crippen molar-refractivity contribution in [2.75, 3.05) is 17.1 Å². The smallest absolute Gasteiger partial charge is 0.244 e. The molecule has 0 spiro atoms. The van der Waals surface area contributed by atoms with Crippen LogP contribution in [0, 0.1) is 19.7 Å². The van der Waals surface area contributed by atoms with Gasteiger partial charge >= 0.3 is 0 Å². The summed E-state index contributed by atoms with van der Waals surface area (Å²) in [5.41, 5.74) is 1.66. The van der Waals surface area contributed by atoms with Gasteiger partial charge in [0, 0.05) is 17.6 Å². The van der Waals surface area contributed by atoms with Gasteiger partial charge < -0.3 is 10.2 Å². The van der Waals surface area contributed by atoms with E-state index >= 15 is 0 Å². The molecule has 0 aromatic heterocycles. The maximum absolute atomic E-state index is 14.4. The van der Waals surface area contributed by atoms with Crippen LogP contribution < -0.4 is 9.62 Å². The number of amides is 2. The SMILES string of the molecule is Cc1cccc(N(CC(=O)N(Cc2ccccc2F)C(C)C(=O)NC(C)(C)C)S(C)(=O)=O)c1C. The number of benzene rings is 2. The molecular weight excluding hydrogens is 457 g/mol. The third-order valence-electron chi connectivity index (χ3n) is 5.49. The van der Waals surface area contributed by atoms with Crippen LogP contribution in [0.3, 0.4) is 0 Å². The Balaban J connectivity index is 2.47. The fraction of sp³-hybridized carbons (Fsp3) is 0.440. The Morgan fingerprint density at radius 2 is 1.68 bits per heavy atom. The second kappa shape index (κ2) is 10.5. The Hall–Kier alpha value is -2.94. The van der Waals surface area contributed by atoms with Gasteiger partial charge in [0.05, 0.1) is 11.9 Å². The van der Waals surface area contributed by atoms with E-state index in [0.717, 1.165) is 21.7 Å². The van der Waals surface area contributed by atoms with Crippen molar-refractivity contribution >= 4 is 27.5 Å². The topological polar surface area (TPSA) is 86.8 Å². The Bertz CT molecular complexity index is 1160. The highest BCUT2D eigenvalue weighted by Crippen LogP contribution is 2.25. The second-order valence-corrected chi connectivity index (χ2v) is 11.4. The van der Waals surface area contributed by atoms with Crippen molar-refractivity contribution in [3.8, 4) is 0 Å². The van der Waals surface area contributed by atoms with E-state index in [1.807, 2.05) is 33.8 Å². The summed E-state index contributed by atoms with van der Waals surface area (Å²) in [5, 5.41) is 2.83. The van der Waals surface area contributed by atoms with Gasteiger partial charge in [-0.3, -0.25) is 13.9 Å². The molecule has 1 N–H and O–H groups in total. The first-order chi connectivity index (χ1) is 15.6. The molecule has 1 unspecified atom stereocenters. The maximum atomic E-state index is 14.4. The first kappa shape index (κ1) is 27.3. The summed E-state index contributed by atoms with van der Waals surface area (Å²) in [4.78, 5) is 27.6. The zero-order chi connectivity index (χ0) is 25.8. The number of halogens is 1. The molecule has 1 atom stereocenters. The molecule has 0 aliphatic rings. The van der Waals surface area contributed by atoms with Crippen LogP contribution in [-0.4, -0.2) is 49.5 Å². The van der Waals surface area contributed by atoms with E-state index in [1.54, 1.807) is 32.0 Å². The van der Waals surface area contributed by atoms with Gasteiger partial charge in [0.25, 0.3) is 0 Å². The van der Waals surface area contributed by atoms with E-state index in [4.69, 9.17) is 0 Å². The number of nitrogens with one attached hydrogen (secondary N) is 1. The minimum absolute atomic E-state index is 0.186. The molecule has 2 aromatic carbocycles. The van der Waals surface area contributed by atoms with E-state index in [2.05, 4.69) is 5.32 Å². The van der Waals surface area contributed by atoms with Crippen molar-refractivity contribution in [1.29, 1.82) is 0 Å². The fourth-order valence-electron chi connectivity index (χ4n) is 3.47. The monoisotopic (exact) mass is 491 g/mol. The number of anilines is 1. The molecule has 7 nitrogen and oxygen atoms in total. The minimum atomic E-state index is -3.83. The highest BCUT2D eigenvalue weighted by molar-refractivity contribution is 7.92. The van der Waals surface area contributed by atoms with Crippen LogP contribution in [0.5, 0.6) is 0 Å². The van der Waals surface area contributed by atoms with Crippen LogP contribution in [0.1, 0.15) is 44.4 Å². The third kappa shape index (κ3) is 7.03. The highest BCUT2D eigenvalue weighted by atomic mass is 32.2. The van der Waals surface area contributed by atoms with Gasteiger partial charge in [-0.2, -0.15) is 0 Å². The molecule has 0 heterocycles. The molecule has 34 heavy (non-hydrogen) atoms. The van der Waals surface area contributed by atoms with Crippen molar-refractivity contribution in [3.05, 3.63) is 65.0 Å². The first-order valence-electron chi connectivity index (χ1n) is 11.0. The lowest BCUT2D eigenvalue weighted by Gasteiger charge is -2.33. The van der Waals surface area contributed by atoms with E-state index < -0.39 is 45.8 Å². The highest BCUT2D eigenvalue weighted by Gasteiger charge is 2.32. The van der Waals surface area contributed by atoms with Gasteiger partial charge in [0.1, 0.15) is 18.4 Å². The molecule has 0 fully saturated rings. The fourth-order valence-corrected chi connectivity index (χ4v) is 4.37. The standard InChI is InChI=1S/C25H34FN3O4S/c1-17-11-10-14-22(18(17)2)29(34(7,32)33)16-23(30)28(15-20-12-8-9-13-21(20)26)19(3)24(31)27-25(4,5)6/h8-14,19H,15-16H2,1-7H3,(H,27,31). The second-order valence-electron chi connectivity index (χ2n) is 9.52. The summed E-state index contributed by atoms with van der Waals surface area (Å²) >= 11 is 0. The minimum Gasteiger partial charge on any atom is -0.350 e. The summed E-state index contributed by atoms with van der Waals surface area (Å²) in [6, 6.07) is 10.2. The molecule has 0 radical (unpaired) electrons. The lowest BCUT2D eigenvalue weighted by atomic mass is 10.1. The third-order valence-corrected chi connectivity index (χ3v) is 6.61. The van der Waals surface area contributed by atoms with Crippen LogP contribution >= 0.6 is 0 Å². The molecule has 9 heteroatoms. The summed E-state index contributed by atoms with van der Waals surface area (Å²) in [7, 11) is -3.83. The van der Waals surface area contributed by atoms with Gasteiger partial charge in [-0.15, -0.1) is 0 Å². The maximum Gasteiger partial charge on any atom is 0.244 e. The number of carbonyl (C=O) groups is 2. The van der Waals surface area contributed by atoms with Crippen LogP contribution in [0.25, 0.3) is 0 Å². The van der Waals surface area contributed by atoms with Crippen molar-refractivity contribution in [2.24, 2.45) is 0 Å². The number of aryl methyl sites for hydroxylation is 1. The molecule has 0 saturated heterocycles. The van der Waals surface area contributed by atoms with Crippen molar-refractivity contribution in [2.45, 2.75) is 59.7 Å². The summed E-state index contributed by atoms with van der Waals surface area (Å²) in [6.07, 6.45) is 1.03. The zero-order valence-electron chi connectivity index (χ0n) is 20.8. The lowest BCUT2D eigenvalue weighted by Crippen LogP contribution is -2.54. The molecule has 0 aliphatic heterocycles. The van der Waals surface area contributed by atoms with Crippen molar-refractivity contribution < 1.29 is 22.4 Å². The molecule has 2 rings (SSSR count). The number of sulfonamides is 1. The first-order valence-corrected chi connectivity index (χ1v) is 12.9. The predicted molar refractivity (Wildman–Crippen MR) is 132 cm³/mol. The van der Waals surface area contributed by atoms with Crippen molar-refractivity contribution in [1.82, 2.24) is 10.2 Å². The van der Waals surface area contributed by atoms with Gasteiger partial charge in [-0.25, -0.2) is 12.8 Å². The van der Waals surface area contributed by atoms with E-state index in [-0.39, 0.29) is 12.1 Å². The molecule has 186 valence electrons. The van der Waals surface area contributed by atoms with Gasteiger partial charge in [-0.1, -0.05) is 30.3 Å². The van der Waals surface area contributed by atoms with E-state index in [9.17, 15) is 22.4 Å². The van der Waals surface area contributed by atoms with Crippen LogP contribution in [0.4, 0.5) is 10.1 Å². The molecule has 0 bridgehead atoms. The Kier molecular flexibility index (Phi) is 8.47. The molecule has 0 saturated carbocycles. The van der Waals surface area contributed by atoms with Gasteiger partial charge in [0.15, 0.2) is 0 Å². The predicted octanol–water partition coefficient (Wildman–Crippen LogP) is 3.54. The summed E-state index contributed by atoms with van der Waals surface area (Å²) < 4.78 is 40.8. The molecule has 2 amide bonds. The van der Waals surface area contributed by atoms with Crippen LogP contribution in [0.15, 0.2) is 42.5 Å². The average molecular weight is 492 g/mol. The van der Waals surface area contributed by atoms with Gasteiger partial charge in [0.2, 0.25) is 21.8 Å². The van der Waals surface area contributed by atoms with Crippen LogP contribution in [0.2, 0.25) is 0 Å². The summed E-state index contributed by atoms with van der Waals surface area (Å²) in [5.74, 6) is -1.56. The molecule has 0 aliphatic carbocycles. The molecular formula is C25H34FN3O4S. The molecule has 2 aromatic rings. The van der Waals surface area contributed by atoms with Gasteiger partial charge in [-0.05, 0) is 64.8 Å². The number of hydrogen-bond donors (Lipinski definition) is 1.